The number of pyridine rings is 1. The van der Waals surface area contributed by atoms with Crippen molar-refractivity contribution >= 4 is 21.7 Å². The molecule has 2 aromatic rings. The summed E-state index contributed by atoms with van der Waals surface area (Å²) in [6, 6.07) is 7.87. The molecule has 0 aliphatic carbocycles. The van der Waals surface area contributed by atoms with Crippen LogP contribution in [0.2, 0.25) is 0 Å². The third-order valence-electron chi connectivity index (χ3n) is 2.30. The maximum atomic E-state index is 5.71. The zero-order chi connectivity index (χ0) is 11.0. The van der Waals surface area contributed by atoms with E-state index in [1.807, 2.05) is 19.9 Å². The van der Waals surface area contributed by atoms with Crippen LogP contribution in [-0.4, -0.2) is 9.55 Å². The van der Waals surface area contributed by atoms with E-state index in [0.717, 1.165) is 21.7 Å². The quantitative estimate of drug-likeness (QED) is 0.862. The van der Waals surface area contributed by atoms with Gasteiger partial charge in [0.25, 0.3) is 0 Å². The summed E-state index contributed by atoms with van der Waals surface area (Å²) in [5.41, 5.74) is 8.01. The third-order valence-corrected chi connectivity index (χ3v) is 2.75. The second kappa shape index (κ2) is 3.70. The van der Waals surface area contributed by atoms with Gasteiger partial charge in [0, 0.05) is 15.9 Å². The molecule has 15 heavy (non-hydrogen) atoms. The molecule has 0 saturated heterocycles. The van der Waals surface area contributed by atoms with E-state index in [9.17, 15) is 0 Å². The van der Waals surface area contributed by atoms with E-state index in [1.165, 1.54) is 0 Å². The Morgan fingerprint density at radius 1 is 1.20 bits per heavy atom. The number of hydrogen-bond acceptors (Lipinski definition) is 2. The molecule has 4 heteroatoms. The van der Waals surface area contributed by atoms with Crippen LogP contribution < -0.4 is 5.73 Å². The van der Waals surface area contributed by atoms with Crippen molar-refractivity contribution in [1.29, 1.82) is 0 Å². The van der Waals surface area contributed by atoms with E-state index in [0.29, 0.717) is 5.82 Å². The van der Waals surface area contributed by atoms with Crippen LogP contribution in [0.4, 0.5) is 5.82 Å². The van der Waals surface area contributed by atoms with Crippen LogP contribution in [-0.2, 0) is 0 Å². The Bertz CT molecular complexity index is 463. The zero-order valence-corrected chi connectivity index (χ0v) is 10.2. The second-order valence-corrected chi connectivity index (χ2v) is 4.44. The molecular weight excluding hydrogens is 254 g/mol. The fourth-order valence-electron chi connectivity index (χ4n) is 1.65. The van der Waals surface area contributed by atoms with Gasteiger partial charge in [-0.2, -0.15) is 0 Å². The number of rotatable bonds is 1. The van der Waals surface area contributed by atoms with E-state index in [4.69, 9.17) is 5.73 Å². The maximum Gasteiger partial charge on any atom is 0.140 e. The van der Waals surface area contributed by atoms with Crippen LogP contribution in [0, 0.1) is 13.8 Å². The van der Waals surface area contributed by atoms with E-state index in [2.05, 4.69) is 37.6 Å². The summed E-state index contributed by atoms with van der Waals surface area (Å²) in [4.78, 5) is 4.31. The summed E-state index contributed by atoms with van der Waals surface area (Å²) in [6.45, 7) is 4.09. The third kappa shape index (κ3) is 1.90. The molecule has 0 amide bonds. The summed E-state index contributed by atoms with van der Waals surface area (Å²) in [7, 11) is 0. The Morgan fingerprint density at radius 2 is 1.80 bits per heavy atom. The molecule has 3 nitrogen and oxygen atoms in total. The molecule has 0 aromatic carbocycles. The molecular formula is C11H12BrN3. The highest BCUT2D eigenvalue weighted by molar-refractivity contribution is 9.10. The van der Waals surface area contributed by atoms with Crippen molar-refractivity contribution in [1.82, 2.24) is 9.55 Å². The Labute approximate surface area is 97.1 Å². The topological polar surface area (TPSA) is 43.8 Å². The van der Waals surface area contributed by atoms with Crippen molar-refractivity contribution < 1.29 is 0 Å². The van der Waals surface area contributed by atoms with Crippen LogP contribution in [0.3, 0.4) is 0 Å². The van der Waals surface area contributed by atoms with Gasteiger partial charge in [-0.25, -0.2) is 4.98 Å². The molecule has 0 spiro atoms. The van der Waals surface area contributed by atoms with E-state index >= 15 is 0 Å². The largest absolute Gasteiger partial charge is 0.384 e. The predicted molar refractivity (Wildman–Crippen MR) is 65.2 cm³/mol. The lowest BCUT2D eigenvalue weighted by Crippen LogP contribution is -2.03. The van der Waals surface area contributed by atoms with Gasteiger partial charge in [0.2, 0.25) is 0 Å². The van der Waals surface area contributed by atoms with Crippen molar-refractivity contribution in [3.8, 4) is 5.82 Å². The predicted octanol–water partition coefficient (Wildman–Crippen LogP) is 2.83. The van der Waals surface area contributed by atoms with Gasteiger partial charge < -0.3 is 10.3 Å². The fourth-order valence-corrected chi connectivity index (χ4v) is 2.09. The van der Waals surface area contributed by atoms with Crippen molar-refractivity contribution in [3.05, 3.63) is 40.1 Å². The lowest BCUT2D eigenvalue weighted by molar-refractivity contribution is 0.923. The molecule has 0 saturated carbocycles. The smallest absolute Gasteiger partial charge is 0.140 e. The summed E-state index contributed by atoms with van der Waals surface area (Å²) < 4.78 is 3.01. The highest BCUT2D eigenvalue weighted by Gasteiger charge is 2.06. The van der Waals surface area contributed by atoms with Crippen molar-refractivity contribution in [2.24, 2.45) is 0 Å². The first-order valence-electron chi connectivity index (χ1n) is 4.66. The standard InChI is InChI=1S/C11H12BrN3/c1-7-3-4-8(2)15(7)11-6-9(12)5-10(13)14-11/h3-6H,1-2H3,(H2,13,14). The number of nitrogen functional groups attached to an aromatic ring is 1. The molecule has 0 bridgehead atoms. The van der Waals surface area contributed by atoms with Crippen LogP contribution >= 0.6 is 15.9 Å². The van der Waals surface area contributed by atoms with Gasteiger partial charge in [-0.1, -0.05) is 15.9 Å². The average molecular weight is 266 g/mol. The lowest BCUT2D eigenvalue weighted by atomic mass is 10.4. The van der Waals surface area contributed by atoms with Crippen molar-refractivity contribution in [2.45, 2.75) is 13.8 Å². The molecule has 2 heterocycles. The lowest BCUT2D eigenvalue weighted by Gasteiger charge is -2.09. The Morgan fingerprint density at radius 3 is 2.33 bits per heavy atom. The summed E-state index contributed by atoms with van der Waals surface area (Å²) >= 11 is 3.41. The first-order chi connectivity index (χ1) is 7.08. The fraction of sp³-hybridized carbons (Fsp3) is 0.182. The minimum atomic E-state index is 0.520. The Balaban J connectivity index is 2.63. The molecule has 0 radical (unpaired) electrons. The number of halogens is 1. The Kier molecular flexibility index (Phi) is 2.52. The van der Waals surface area contributed by atoms with Crippen molar-refractivity contribution in [3.63, 3.8) is 0 Å². The number of nitrogens with two attached hydrogens (primary N) is 1. The SMILES string of the molecule is Cc1ccc(C)n1-c1cc(Br)cc(N)n1. The molecule has 2 aromatic heterocycles. The van der Waals surface area contributed by atoms with Gasteiger partial charge >= 0.3 is 0 Å². The van der Waals surface area contributed by atoms with E-state index in [-0.39, 0.29) is 0 Å². The molecule has 0 aliphatic rings. The number of anilines is 1. The van der Waals surface area contributed by atoms with Gasteiger partial charge in [0.1, 0.15) is 11.6 Å². The molecule has 0 atom stereocenters. The van der Waals surface area contributed by atoms with Gasteiger partial charge in [-0.05, 0) is 38.1 Å². The number of hydrogen-bond donors (Lipinski definition) is 1. The number of nitrogens with zero attached hydrogens (tertiary/aromatic N) is 2. The molecule has 78 valence electrons. The van der Waals surface area contributed by atoms with Gasteiger partial charge in [0.05, 0.1) is 0 Å². The minimum absolute atomic E-state index is 0.520. The normalized spacial score (nSPS) is 10.6. The van der Waals surface area contributed by atoms with E-state index < -0.39 is 0 Å². The highest BCUT2D eigenvalue weighted by atomic mass is 79.9. The first kappa shape index (κ1) is 10.2. The van der Waals surface area contributed by atoms with Crippen LogP contribution in [0.25, 0.3) is 5.82 Å². The van der Waals surface area contributed by atoms with Crippen LogP contribution in [0.15, 0.2) is 28.7 Å². The molecule has 0 fully saturated rings. The summed E-state index contributed by atoms with van der Waals surface area (Å²) in [5, 5.41) is 0. The Hall–Kier alpha value is -1.29. The summed E-state index contributed by atoms with van der Waals surface area (Å²) in [5.74, 6) is 1.37. The maximum absolute atomic E-state index is 5.71. The van der Waals surface area contributed by atoms with E-state index in [1.54, 1.807) is 6.07 Å². The van der Waals surface area contributed by atoms with Gasteiger partial charge in [-0.15, -0.1) is 0 Å². The minimum Gasteiger partial charge on any atom is -0.384 e. The summed E-state index contributed by atoms with van der Waals surface area (Å²) in [6.07, 6.45) is 0. The number of aromatic nitrogens is 2. The van der Waals surface area contributed by atoms with Crippen LogP contribution in [0.5, 0.6) is 0 Å². The molecule has 0 unspecified atom stereocenters. The van der Waals surface area contributed by atoms with Gasteiger partial charge in [-0.3, -0.25) is 0 Å². The first-order valence-corrected chi connectivity index (χ1v) is 5.45. The molecule has 2 rings (SSSR count). The second-order valence-electron chi connectivity index (χ2n) is 3.52. The molecule has 2 N–H and O–H groups in total. The van der Waals surface area contributed by atoms with Gasteiger partial charge in [0.15, 0.2) is 0 Å². The molecule has 0 aliphatic heterocycles. The van der Waals surface area contributed by atoms with Crippen LogP contribution in [0.1, 0.15) is 11.4 Å². The highest BCUT2D eigenvalue weighted by Crippen LogP contribution is 2.20. The monoisotopic (exact) mass is 265 g/mol. The average Bonchev–Trinajstić information content (AvgIpc) is 2.44. The van der Waals surface area contributed by atoms with Crippen molar-refractivity contribution in [2.75, 3.05) is 5.73 Å². The number of aryl methyl sites for hydroxylation is 2. The zero-order valence-electron chi connectivity index (χ0n) is 8.66.